The molecule has 5 nitrogen and oxygen atoms in total. The van der Waals surface area contributed by atoms with E-state index in [9.17, 15) is 18.0 Å². The Morgan fingerprint density at radius 2 is 1.90 bits per heavy atom. The molecule has 1 amide bonds. The summed E-state index contributed by atoms with van der Waals surface area (Å²) in [5, 5.41) is 2.89. The Balaban J connectivity index is 1.39. The third-order valence-corrected chi connectivity index (χ3v) is 5.02. The first-order chi connectivity index (χ1) is 13.8. The van der Waals surface area contributed by atoms with Gasteiger partial charge in [0.05, 0.1) is 11.1 Å². The molecule has 0 spiro atoms. The average Bonchev–Trinajstić information content (AvgIpc) is 2.71. The van der Waals surface area contributed by atoms with Crippen molar-refractivity contribution in [3.63, 3.8) is 0 Å². The van der Waals surface area contributed by atoms with Crippen molar-refractivity contribution in [2.75, 3.05) is 44.2 Å². The summed E-state index contributed by atoms with van der Waals surface area (Å²) in [7, 11) is 0. The minimum Gasteiger partial charge on any atom is -0.369 e. The van der Waals surface area contributed by atoms with Crippen LogP contribution in [0.25, 0.3) is 0 Å². The van der Waals surface area contributed by atoms with Crippen LogP contribution >= 0.6 is 0 Å². The largest absolute Gasteiger partial charge is 0.416 e. The second kappa shape index (κ2) is 9.26. The number of aryl methyl sites for hydroxylation is 1. The molecule has 156 valence electrons. The van der Waals surface area contributed by atoms with Gasteiger partial charge in [-0.1, -0.05) is 6.07 Å². The zero-order valence-electron chi connectivity index (χ0n) is 16.4. The van der Waals surface area contributed by atoms with E-state index in [2.05, 4.69) is 15.2 Å². The maximum atomic E-state index is 12.9. The fourth-order valence-electron chi connectivity index (χ4n) is 3.32. The lowest BCUT2D eigenvalue weighted by Gasteiger charge is -2.36. The van der Waals surface area contributed by atoms with Crippen molar-refractivity contribution < 1.29 is 18.0 Å². The number of rotatable bonds is 6. The number of amides is 1. The number of anilines is 1. The summed E-state index contributed by atoms with van der Waals surface area (Å²) >= 11 is 0. The molecule has 1 N–H and O–H groups in total. The number of carbonyl (C=O) groups is 1. The van der Waals surface area contributed by atoms with Crippen molar-refractivity contribution >= 4 is 11.6 Å². The smallest absolute Gasteiger partial charge is 0.369 e. The van der Waals surface area contributed by atoms with Gasteiger partial charge in [0, 0.05) is 50.3 Å². The summed E-state index contributed by atoms with van der Waals surface area (Å²) in [6, 6.07) is 9.05. The van der Waals surface area contributed by atoms with Gasteiger partial charge in [0.2, 0.25) is 0 Å². The minimum absolute atomic E-state index is 0.133. The van der Waals surface area contributed by atoms with Crippen LogP contribution in [0, 0.1) is 6.92 Å². The van der Waals surface area contributed by atoms with Crippen LogP contribution in [0.3, 0.4) is 0 Å². The first-order valence-electron chi connectivity index (χ1n) is 9.68. The Kier molecular flexibility index (Phi) is 6.74. The van der Waals surface area contributed by atoms with E-state index in [-0.39, 0.29) is 5.91 Å². The van der Waals surface area contributed by atoms with Gasteiger partial charge in [0.15, 0.2) is 0 Å². The Bertz CT molecular complexity index is 815. The molecule has 0 aliphatic carbocycles. The van der Waals surface area contributed by atoms with Crippen LogP contribution < -0.4 is 10.2 Å². The number of benzene rings is 1. The molecular formula is C21H25F3N4O. The first kappa shape index (κ1) is 21.1. The molecule has 2 heterocycles. The number of piperazine rings is 1. The molecule has 0 saturated carbocycles. The van der Waals surface area contributed by atoms with Crippen LogP contribution in [-0.4, -0.2) is 55.1 Å². The molecule has 0 atom stereocenters. The molecule has 1 fully saturated rings. The molecule has 1 saturated heterocycles. The molecule has 29 heavy (non-hydrogen) atoms. The summed E-state index contributed by atoms with van der Waals surface area (Å²) in [5.74, 6) is -0.133. The van der Waals surface area contributed by atoms with Crippen LogP contribution in [-0.2, 0) is 6.18 Å². The third-order valence-electron chi connectivity index (χ3n) is 5.02. The van der Waals surface area contributed by atoms with E-state index in [1.54, 1.807) is 24.4 Å². The normalized spacial score (nSPS) is 15.4. The lowest BCUT2D eigenvalue weighted by molar-refractivity contribution is -0.137. The van der Waals surface area contributed by atoms with Crippen molar-refractivity contribution in [1.82, 2.24) is 15.2 Å². The van der Waals surface area contributed by atoms with Crippen LogP contribution in [0.15, 0.2) is 42.6 Å². The fraction of sp³-hybridized carbons (Fsp3) is 0.429. The van der Waals surface area contributed by atoms with Gasteiger partial charge >= 0.3 is 6.18 Å². The number of pyridine rings is 1. The predicted octanol–water partition coefficient (Wildman–Crippen LogP) is 3.35. The zero-order valence-corrected chi connectivity index (χ0v) is 16.4. The zero-order chi connectivity index (χ0) is 20.9. The molecule has 0 unspecified atom stereocenters. The van der Waals surface area contributed by atoms with Gasteiger partial charge in [-0.05, 0) is 50.2 Å². The van der Waals surface area contributed by atoms with E-state index < -0.39 is 11.7 Å². The molecule has 1 aromatic carbocycles. The second-order valence-corrected chi connectivity index (χ2v) is 7.17. The van der Waals surface area contributed by atoms with E-state index in [1.165, 1.54) is 12.1 Å². The van der Waals surface area contributed by atoms with Gasteiger partial charge in [-0.15, -0.1) is 0 Å². The molecule has 3 rings (SSSR count). The summed E-state index contributed by atoms with van der Waals surface area (Å²) < 4.78 is 38.7. The lowest BCUT2D eigenvalue weighted by atomic mass is 10.1. The van der Waals surface area contributed by atoms with Gasteiger partial charge in [0.1, 0.15) is 0 Å². The van der Waals surface area contributed by atoms with Gasteiger partial charge < -0.3 is 10.2 Å². The second-order valence-electron chi connectivity index (χ2n) is 7.17. The molecule has 1 aromatic heterocycles. The highest BCUT2D eigenvalue weighted by molar-refractivity contribution is 5.93. The minimum atomic E-state index is -4.32. The number of nitrogens with one attached hydrogen (secondary N) is 1. The summed E-state index contributed by atoms with van der Waals surface area (Å²) in [5.41, 5.74) is 1.41. The molecular weight excluding hydrogens is 381 g/mol. The third kappa shape index (κ3) is 5.93. The maximum Gasteiger partial charge on any atom is 0.416 e. The fourth-order valence-corrected chi connectivity index (χ4v) is 3.32. The highest BCUT2D eigenvalue weighted by atomic mass is 19.4. The number of nitrogens with zero attached hydrogens (tertiary/aromatic N) is 3. The standard InChI is InChI=1S/C21H25F3N4O/c1-16-6-7-17(15-26-16)20(29)25-8-3-9-27-10-12-28(13-11-27)19-5-2-4-18(14-19)21(22,23)24/h2,4-7,14-15H,3,8-13H2,1H3,(H,25,29). The van der Waals surface area contributed by atoms with Crippen molar-refractivity contribution in [2.24, 2.45) is 0 Å². The van der Waals surface area contributed by atoms with Gasteiger partial charge in [-0.25, -0.2) is 0 Å². The maximum absolute atomic E-state index is 12.9. The summed E-state index contributed by atoms with van der Waals surface area (Å²) in [4.78, 5) is 20.4. The quantitative estimate of drug-likeness (QED) is 0.748. The molecule has 1 aliphatic rings. The molecule has 0 radical (unpaired) electrons. The number of aromatic nitrogens is 1. The topological polar surface area (TPSA) is 48.5 Å². The SMILES string of the molecule is Cc1ccc(C(=O)NCCCN2CCN(c3cccc(C(F)(F)F)c3)CC2)cn1. The average molecular weight is 406 g/mol. The van der Waals surface area contributed by atoms with Crippen LogP contribution in [0.1, 0.15) is 28.0 Å². The Labute approximate surface area is 168 Å². The molecule has 0 bridgehead atoms. The van der Waals surface area contributed by atoms with Crippen molar-refractivity contribution in [1.29, 1.82) is 0 Å². The molecule has 1 aliphatic heterocycles. The van der Waals surface area contributed by atoms with Gasteiger partial charge in [-0.3, -0.25) is 14.7 Å². The lowest BCUT2D eigenvalue weighted by Crippen LogP contribution is -2.47. The Morgan fingerprint density at radius 1 is 1.14 bits per heavy atom. The highest BCUT2D eigenvalue weighted by Crippen LogP contribution is 2.31. The number of carbonyl (C=O) groups excluding carboxylic acids is 1. The van der Waals surface area contributed by atoms with Crippen LogP contribution in [0.5, 0.6) is 0 Å². The Hall–Kier alpha value is -2.61. The van der Waals surface area contributed by atoms with E-state index in [0.29, 0.717) is 30.9 Å². The predicted molar refractivity (Wildman–Crippen MR) is 106 cm³/mol. The summed E-state index contributed by atoms with van der Waals surface area (Å²) in [6.45, 7) is 6.21. The highest BCUT2D eigenvalue weighted by Gasteiger charge is 2.31. The van der Waals surface area contributed by atoms with Crippen LogP contribution in [0.4, 0.5) is 18.9 Å². The van der Waals surface area contributed by atoms with Crippen molar-refractivity contribution in [3.05, 3.63) is 59.4 Å². The Morgan fingerprint density at radius 3 is 2.55 bits per heavy atom. The van der Waals surface area contributed by atoms with Gasteiger partial charge in [-0.2, -0.15) is 13.2 Å². The van der Waals surface area contributed by atoms with E-state index in [4.69, 9.17) is 0 Å². The first-order valence-corrected chi connectivity index (χ1v) is 9.68. The van der Waals surface area contributed by atoms with Crippen LogP contribution in [0.2, 0.25) is 0 Å². The monoisotopic (exact) mass is 406 g/mol. The van der Waals surface area contributed by atoms with E-state index in [1.807, 2.05) is 11.8 Å². The number of halogens is 3. The van der Waals surface area contributed by atoms with E-state index in [0.717, 1.165) is 37.8 Å². The van der Waals surface area contributed by atoms with Crippen molar-refractivity contribution in [2.45, 2.75) is 19.5 Å². The number of alkyl halides is 3. The van der Waals surface area contributed by atoms with Gasteiger partial charge in [0.25, 0.3) is 5.91 Å². The van der Waals surface area contributed by atoms with Crippen molar-refractivity contribution in [3.8, 4) is 0 Å². The summed E-state index contributed by atoms with van der Waals surface area (Å²) in [6.07, 6.45) is -1.94. The molecule has 8 heteroatoms. The number of hydrogen-bond donors (Lipinski definition) is 1. The number of hydrogen-bond acceptors (Lipinski definition) is 4. The van der Waals surface area contributed by atoms with E-state index >= 15 is 0 Å². The molecule has 2 aromatic rings.